The summed E-state index contributed by atoms with van der Waals surface area (Å²) in [6.45, 7) is 3.26. The van der Waals surface area contributed by atoms with E-state index in [1.807, 2.05) is 0 Å². The summed E-state index contributed by atoms with van der Waals surface area (Å²) >= 11 is 0. The Bertz CT molecular complexity index is 1410. The highest BCUT2D eigenvalue weighted by Gasteiger charge is 2.30. The molecule has 11 heteroatoms. The van der Waals surface area contributed by atoms with Crippen LogP contribution in [0.1, 0.15) is 27.6 Å². The summed E-state index contributed by atoms with van der Waals surface area (Å²) in [5.74, 6) is 0.256. The molecule has 1 amide bonds. The van der Waals surface area contributed by atoms with Crippen LogP contribution in [0.25, 0.3) is 17.1 Å². The van der Waals surface area contributed by atoms with Crippen LogP contribution in [-0.2, 0) is 6.18 Å². The third kappa shape index (κ3) is 4.66. The molecule has 2 heterocycles. The normalized spacial score (nSPS) is 11.4. The zero-order valence-corrected chi connectivity index (χ0v) is 17.4. The van der Waals surface area contributed by atoms with Gasteiger partial charge in [-0.15, -0.1) is 0 Å². The van der Waals surface area contributed by atoms with Crippen molar-refractivity contribution in [2.45, 2.75) is 20.0 Å². The fourth-order valence-electron chi connectivity index (χ4n) is 3.18. The van der Waals surface area contributed by atoms with E-state index in [0.717, 1.165) is 22.9 Å². The predicted octanol–water partition coefficient (Wildman–Crippen LogP) is 3.91. The highest BCUT2D eigenvalue weighted by molar-refractivity contribution is 6.03. The van der Waals surface area contributed by atoms with Gasteiger partial charge in [-0.1, -0.05) is 18.2 Å². The van der Waals surface area contributed by atoms with Crippen LogP contribution in [0.15, 0.2) is 59.4 Å². The molecule has 0 spiro atoms. The summed E-state index contributed by atoms with van der Waals surface area (Å²) in [6, 6.07) is 12.3. The Morgan fingerprint density at radius 2 is 1.82 bits per heavy atom. The van der Waals surface area contributed by atoms with Crippen LogP contribution >= 0.6 is 0 Å². The molecule has 8 nitrogen and oxygen atoms in total. The SMILES string of the molecule is Cc1nc(-c2cccc(NC(=O)c3nn(-c4cccc(C(F)(F)F)c4)c(C)cc3=O)c2)n[nH]1. The second-order valence-corrected chi connectivity index (χ2v) is 7.24. The van der Waals surface area contributed by atoms with Crippen LogP contribution in [0.3, 0.4) is 0 Å². The average molecular weight is 454 g/mol. The number of amides is 1. The zero-order chi connectivity index (χ0) is 23.8. The van der Waals surface area contributed by atoms with Gasteiger partial charge in [0.05, 0.1) is 11.3 Å². The highest BCUT2D eigenvalue weighted by atomic mass is 19.4. The van der Waals surface area contributed by atoms with Crippen LogP contribution in [0.5, 0.6) is 0 Å². The van der Waals surface area contributed by atoms with Crippen LogP contribution in [0, 0.1) is 13.8 Å². The molecule has 33 heavy (non-hydrogen) atoms. The summed E-state index contributed by atoms with van der Waals surface area (Å²) < 4.78 is 40.4. The molecule has 0 fully saturated rings. The molecule has 4 aromatic rings. The quantitative estimate of drug-likeness (QED) is 0.487. The Kier molecular flexibility index (Phi) is 5.54. The lowest BCUT2D eigenvalue weighted by Crippen LogP contribution is -2.27. The molecule has 0 aliphatic carbocycles. The molecule has 0 unspecified atom stereocenters. The number of carbonyl (C=O) groups is 1. The number of aryl methyl sites for hydroxylation is 2. The lowest BCUT2D eigenvalue weighted by atomic mass is 10.2. The number of hydrogen-bond donors (Lipinski definition) is 2. The van der Waals surface area contributed by atoms with E-state index in [4.69, 9.17) is 0 Å². The van der Waals surface area contributed by atoms with Gasteiger partial charge in [-0.2, -0.15) is 23.4 Å². The van der Waals surface area contributed by atoms with Crippen molar-refractivity contribution >= 4 is 11.6 Å². The maximum absolute atomic E-state index is 13.1. The number of carbonyl (C=O) groups excluding carboxylic acids is 1. The first-order valence-electron chi connectivity index (χ1n) is 9.71. The minimum Gasteiger partial charge on any atom is -0.320 e. The molecule has 2 N–H and O–H groups in total. The number of H-pyrrole nitrogens is 1. The molecule has 0 aliphatic rings. The van der Waals surface area contributed by atoms with Gasteiger partial charge in [0.1, 0.15) is 5.82 Å². The van der Waals surface area contributed by atoms with Crippen molar-refractivity contribution in [3.05, 3.63) is 87.6 Å². The predicted molar refractivity (Wildman–Crippen MR) is 114 cm³/mol. The van der Waals surface area contributed by atoms with Gasteiger partial charge in [-0.3, -0.25) is 14.7 Å². The number of alkyl halides is 3. The van der Waals surface area contributed by atoms with Crippen molar-refractivity contribution in [2.75, 3.05) is 5.32 Å². The summed E-state index contributed by atoms with van der Waals surface area (Å²) in [7, 11) is 0. The monoisotopic (exact) mass is 454 g/mol. The molecular formula is C22H17F3N6O2. The molecule has 0 saturated carbocycles. The van der Waals surface area contributed by atoms with Gasteiger partial charge in [-0.25, -0.2) is 9.67 Å². The molecule has 4 rings (SSSR count). The van der Waals surface area contributed by atoms with E-state index in [0.29, 0.717) is 22.9 Å². The molecule has 168 valence electrons. The molecule has 2 aromatic carbocycles. The second-order valence-electron chi connectivity index (χ2n) is 7.24. The van der Waals surface area contributed by atoms with Crippen molar-refractivity contribution in [1.82, 2.24) is 25.0 Å². The number of hydrogen-bond acceptors (Lipinski definition) is 5. The third-order valence-corrected chi connectivity index (χ3v) is 4.72. The van der Waals surface area contributed by atoms with Gasteiger partial charge < -0.3 is 5.32 Å². The third-order valence-electron chi connectivity index (χ3n) is 4.72. The van der Waals surface area contributed by atoms with E-state index < -0.39 is 28.8 Å². The molecule has 0 saturated heterocycles. The number of aromatic nitrogens is 5. The highest BCUT2D eigenvalue weighted by Crippen LogP contribution is 2.30. The van der Waals surface area contributed by atoms with Crippen molar-refractivity contribution in [1.29, 1.82) is 0 Å². The first kappa shape index (κ1) is 21.9. The molecule has 0 atom stereocenters. The molecule has 0 aliphatic heterocycles. The van der Waals surface area contributed by atoms with Crippen molar-refractivity contribution in [2.24, 2.45) is 0 Å². The Morgan fingerprint density at radius 3 is 2.52 bits per heavy atom. The number of nitrogens with one attached hydrogen (secondary N) is 2. The standard InChI is InChI=1S/C22H17F3N6O2/c1-12-9-18(32)19(30-31(12)17-8-4-6-15(11-17)22(23,24)25)21(33)27-16-7-3-5-14(10-16)20-26-13(2)28-29-20/h3-11H,1-2H3,(H,27,33)(H,26,28,29). The molecule has 0 radical (unpaired) electrons. The minimum absolute atomic E-state index is 0.0679. The van der Waals surface area contributed by atoms with Crippen molar-refractivity contribution < 1.29 is 18.0 Å². The largest absolute Gasteiger partial charge is 0.416 e. The van der Waals surface area contributed by atoms with Crippen molar-refractivity contribution in [3.63, 3.8) is 0 Å². The van der Waals surface area contributed by atoms with E-state index >= 15 is 0 Å². The Morgan fingerprint density at radius 1 is 1.06 bits per heavy atom. The van der Waals surface area contributed by atoms with E-state index in [9.17, 15) is 22.8 Å². The van der Waals surface area contributed by atoms with Gasteiger partial charge in [0.25, 0.3) is 5.91 Å². The summed E-state index contributed by atoms with van der Waals surface area (Å²) in [6.07, 6.45) is -4.55. The van der Waals surface area contributed by atoms with Gasteiger partial charge in [-0.05, 0) is 44.2 Å². The number of aromatic amines is 1. The van der Waals surface area contributed by atoms with Crippen molar-refractivity contribution in [3.8, 4) is 17.1 Å². The van der Waals surface area contributed by atoms with E-state index in [1.165, 1.54) is 19.1 Å². The van der Waals surface area contributed by atoms with Gasteiger partial charge in [0.2, 0.25) is 5.43 Å². The van der Waals surface area contributed by atoms with Gasteiger partial charge in [0.15, 0.2) is 11.5 Å². The maximum Gasteiger partial charge on any atom is 0.416 e. The zero-order valence-electron chi connectivity index (χ0n) is 17.4. The van der Waals surface area contributed by atoms with E-state index in [2.05, 4.69) is 25.6 Å². The van der Waals surface area contributed by atoms with Gasteiger partial charge >= 0.3 is 6.18 Å². The summed E-state index contributed by atoms with van der Waals surface area (Å²) in [5.41, 5.74) is -0.644. The number of nitrogens with zero attached hydrogens (tertiary/aromatic N) is 4. The van der Waals surface area contributed by atoms with E-state index in [-0.39, 0.29) is 11.4 Å². The Hall–Kier alpha value is -4.28. The van der Waals surface area contributed by atoms with Crippen LogP contribution in [0.2, 0.25) is 0 Å². The first-order chi connectivity index (χ1) is 15.6. The summed E-state index contributed by atoms with van der Waals surface area (Å²) in [5, 5.41) is 13.4. The van der Waals surface area contributed by atoms with E-state index in [1.54, 1.807) is 31.2 Å². The smallest absolute Gasteiger partial charge is 0.320 e. The van der Waals surface area contributed by atoms with Crippen LogP contribution in [-0.4, -0.2) is 30.9 Å². The van der Waals surface area contributed by atoms with Crippen LogP contribution in [0.4, 0.5) is 18.9 Å². The lowest BCUT2D eigenvalue weighted by molar-refractivity contribution is -0.137. The minimum atomic E-state index is -4.55. The fraction of sp³-hybridized carbons (Fsp3) is 0.136. The average Bonchev–Trinajstić information content (AvgIpc) is 3.20. The fourth-order valence-corrected chi connectivity index (χ4v) is 3.18. The molecular weight excluding hydrogens is 437 g/mol. The topological polar surface area (TPSA) is 106 Å². The van der Waals surface area contributed by atoms with Gasteiger partial charge in [0, 0.05) is 23.0 Å². The molecule has 0 bridgehead atoms. The number of halogens is 3. The first-order valence-corrected chi connectivity index (χ1v) is 9.71. The second kappa shape index (κ2) is 8.34. The Balaban J connectivity index is 1.66. The lowest BCUT2D eigenvalue weighted by Gasteiger charge is -2.13. The summed E-state index contributed by atoms with van der Waals surface area (Å²) in [4.78, 5) is 29.5. The number of anilines is 1. The molecule has 2 aromatic heterocycles. The number of rotatable bonds is 4. The maximum atomic E-state index is 13.1. The Labute approximate surface area is 185 Å². The van der Waals surface area contributed by atoms with Crippen LogP contribution < -0.4 is 10.7 Å². The number of benzene rings is 2.